The first-order valence-corrected chi connectivity index (χ1v) is 11.2. The fraction of sp³-hybridized carbons (Fsp3) is 0.913. The molecule has 0 heterocycles. The summed E-state index contributed by atoms with van der Waals surface area (Å²) in [4.78, 5) is 2.27. The quantitative estimate of drug-likeness (QED) is 0.391. The summed E-state index contributed by atoms with van der Waals surface area (Å²) >= 11 is 0. The van der Waals surface area contributed by atoms with Crippen LogP contribution in [0.25, 0.3) is 0 Å². The van der Waals surface area contributed by atoms with Gasteiger partial charge in [0.25, 0.3) is 0 Å². The molecule has 2 aliphatic carbocycles. The zero-order valence-electron chi connectivity index (χ0n) is 17.4. The van der Waals surface area contributed by atoms with Gasteiger partial charge in [0.15, 0.2) is 0 Å². The van der Waals surface area contributed by atoms with Gasteiger partial charge in [-0.2, -0.15) is 0 Å². The Morgan fingerprint density at radius 3 is 2.58 bits per heavy atom. The highest BCUT2D eigenvalue weighted by atomic mass is 16.3. The van der Waals surface area contributed by atoms with Crippen LogP contribution in [0.1, 0.15) is 77.6 Å². The molecule has 0 aromatic rings. The van der Waals surface area contributed by atoms with Crippen LogP contribution in [0.4, 0.5) is 0 Å². The van der Waals surface area contributed by atoms with E-state index in [9.17, 15) is 10.2 Å². The smallest absolute Gasteiger partial charge is 0.0721 e. The predicted octanol–water partition coefficient (Wildman–Crippen LogP) is 4.63. The van der Waals surface area contributed by atoms with Crippen LogP contribution in [-0.4, -0.2) is 48.0 Å². The Morgan fingerprint density at radius 1 is 1.04 bits per heavy atom. The molecule has 3 heteroatoms. The Bertz CT molecular complexity index is 409. The molecule has 6 atom stereocenters. The van der Waals surface area contributed by atoms with Gasteiger partial charge in [-0.15, -0.1) is 0 Å². The first kappa shape index (κ1) is 21.9. The van der Waals surface area contributed by atoms with Gasteiger partial charge in [-0.05, 0) is 70.5 Å². The molecule has 0 saturated heterocycles. The van der Waals surface area contributed by atoms with Crippen LogP contribution < -0.4 is 0 Å². The Labute approximate surface area is 161 Å². The molecule has 2 rings (SSSR count). The highest BCUT2D eigenvalue weighted by Crippen LogP contribution is 2.51. The summed E-state index contributed by atoms with van der Waals surface area (Å²) in [6.45, 7) is 3.39. The van der Waals surface area contributed by atoms with Crippen molar-refractivity contribution in [1.82, 2.24) is 4.90 Å². The minimum Gasteiger partial charge on any atom is -0.392 e. The lowest BCUT2D eigenvalue weighted by molar-refractivity contribution is 0.133. The molecule has 26 heavy (non-hydrogen) atoms. The van der Waals surface area contributed by atoms with Gasteiger partial charge in [0.05, 0.1) is 12.2 Å². The maximum absolute atomic E-state index is 10.5. The van der Waals surface area contributed by atoms with Crippen molar-refractivity contribution in [1.29, 1.82) is 0 Å². The molecule has 0 aliphatic heterocycles. The van der Waals surface area contributed by atoms with E-state index in [1.165, 1.54) is 57.9 Å². The first-order valence-electron chi connectivity index (χ1n) is 11.2. The van der Waals surface area contributed by atoms with Crippen LogP contribution in [-0.2, 0) is 0 Å². The van der Waals surface area contributed by atoms with E-state index in [1.807, 2.05) is 6.08 Å². The highest BCUT2D eigenvalue weighted by molar-refractivity contribution is 5.06. The number of unbranched alkanes of at least 4 members (excludes halogenated alkanes) is 4. The molecule has 0 aromatic heterocycles. The van der Waals surface area contributed by atoms with E-state index in [0.29, 0.717) is 11.8 Å². The van der Waals surface area contributed by atoms with Crippen molar-refractivity contribution in [2.45, 2.75) is 89.8 Å². The minimum atomic E-state index is -0.332. The van der Waals surface area contributed by atoms with Gasteiger partial charge < -0.3 is 15.1 Å². The van der Waals surface area contributed by atoms with Gasteiger partial charge in [0.1, 0.15) is 0 Å². The van der Waals surface area contributed by atoms with E-state index in [1.54, 1.807) is 0 Å². The predicted molar refractivity (Wildman–Crippen MR) is 110 cm³/mol. The third-order valence-corrected chi connectivity index (χ3v) is 6.71. The van der Waals surface area contributed by atoms with Crippen LogP contribution in [0.15, 0.2) is 12.2 Å². The zero-order chi connectivity index (χ0) is 18.9. The molecule has 0 unspecified atom stereocenters. The highest BCUT2D eigenvalue weighted by Gasteiger charge is 2.46. The summed E-state index contributed by atoms with van der Waals surface area (Å²) in [6.07, 6.45) is 16.9. The first-order chi connectivity index (χ1) is 12.5. The van der Waals surface area contributed by atoms with E-state index >= 15 is 0 Å². The summed E-state index contributed by atoms with van der Waals surface area (Å²) < 4.78 is 0. The van der Waals surface area contributed by atoms with Crippen molar-refractivity contribution in [3.05, 3.63) is 12.2 Å². The van der Waals surface area contributed by atoms with E-state index < -0.39 is 0 Å². The average molecular weight is 366 g/mol. The number of nitrogens with zero attached hydrogens (tertiary/aromatic N) is 1. The third kappa shape index (κ3) is 6.98. The SMILES string of the molecule is CCCCC[C@H](O)C=C[C@@H]1[C@H]2C[C@H](CCCCCN(C)C)C[C@H]2C[C@H]1O. The van der Waals surface area contributed by atoms with Crippen LogP contribution in [0, 0.1) is 23.7 Å². The van der Waals surface area contributed by atoms with Crippen molar-refractivity contribution in [2.75, 3.05) is 20.6 Å². The number of aliphatic hydroxyl groups is 2. The minimum absolute atomic E-state index is 0.190. The Morgan fingerprint density at radius 2 is 1.85 bits per heavy atom. The molecule has 2 fully saturated rings. The number of aliphatic hydroxyl groups excluding tert-OH is 2. The van der Waals surface area contributed by atoms with Crippen LogP contribution in [0.3, 0.4) is 0 Å². The second kappa shape index (κ2) is 11.5. The number of hydrogen-bond acceptors (Lipinski definition) is 3. The summed E-state index contributed by atoms with van der Waals surface area (Å²) in [5.41, 5.74) is 0. The maximum atomic E-state index is 10.5. The lowest BCUT2D eigenvalue weighted by Gasteiger charge is -2.19. The van der Waals surface area contributed by atoms with Crippen LogP contribution in [0.2, 0.25) is 0 Å². The van der Waals surface area contributed by atoms with Crippen molar-refractivity contribution in [3.63, 3.8) is 0 Å². The Balaban J connectivity index is 1.72. The van der Waals surface area contributed by atoms with Crippen molar-refractivity contribution < 1.29 is 10.2 Å². The molecule has 0 amide bonds. The molecule has 2 N–H and O–H groups in total. The molecular formula is C23H43NO2. The largest absolute Gasteiger partial charge is 0.392 e. The number of rotatable bonds is 12. The third-order valence-electron chi connectivity index (χ3n) is 6.71. The normalized spacial score (nSPS) is 32.6. The standard InChI is InChI=1S/C23H43NO2/c1-4-5-7-11-20(25)12-13-21-22-16-18(15-19(22)17-23(21)26)10-8-6-9-14-24(2)3/h12-13,18-23,25-26H,4-11,14-17H2,1-3H3/t18-,19+,20+,21-,22+,23-/m1/s1. The number of fused-ring (bicyclic) bond motifs is 1. The fourth-order valence-corrected chi connectivity index (χ4v) is 5.27. The van der Waals surface area contributed by atoms with Gasteiger partial charge in [0.2, 0.25) is 0 Å². The monoisotopic (exact) mass is 365 g/mol. The van der Waals surface area contributed by atoms with E-state index in [4.69, 9.17) is 0 Å². The molecule has 0 aromatic carbocycles. The van der Waals surface area contributed by atoms with Gasteiger partial charge in [-0.3, -0.25) is 0 Å². The molecular weight excluding hydrogens is 322 g/mol. The van der Waals surface area contributed by atoms with Crippen LogP contribution in [0.5, 0.6) is 0 Å². The second-order valence-electron chi connectivity index (χ2n) is 9.24. The van der Waals surface area contributed by atoms with Gasteiger partial charge in [-0.25, -0.2) is 0 Å². The second-order valence-corrected chi connectivity index (χ2v) is 9.24. The summed E-state index contributed by atoms with van der Waals surface area (Å²) in [6, 6.07) is 0. The lowest BCUT2D eigenvalue weighted by Crippen LogP contribution is -2.18. The zero-order valence-corrected chi connectivity index (χ0v) is 17.4. The molecule has 2 aliphatic rings. The van der Waals surface area contributed by atoms with Gasteiger partial charge >= 0.3 is 0 Å². The Kier molecular flexibility index (Phi) is 9.66. The fourth-order valence-electron chi connectivity index (χ4n) is 5.27. The van der Waals surface area contributed by atoms with Crippen molar-refractivity contribution in [3.8, 4) is 0 Å². The van der Waals surface area contributed by atoms with Crippen molar-refractivity contribution in [2.24, 2.45) is 23.7 Å². The van der Waals surface area contributed by atoms with Crippen molar-refractivity contribution >= 4 is 0 Å². The molecule has 0 radical (unpaired) electrons. The molecule has 2 saturated carbocycles. The topological polar surface area (TPSA) is 43.7 Å². The maximum Gasteiger partial charge on any atom is 0.0721 e. The molecule has 0 spiro atoms. The molecule has 3 nitrogen and oxygen atoms in total. The van der Waals surface area contributed by atoms with E-state index in [-0.39, 0.29) is 18.1 Å². The van der Waals surface area contributed by atoms with Gasteiger partial charge in [0, 0.05) is 5.92 Å². The summed E-state index contributed by atoms with van der Waals surface area (Å²) in [5.74, 6) is 2.50. The summed E-state index contributed by atoms with van der Waals surface area (Å²) in [7, 11) is 4.30. The van der Waals surface area contributed by atoms with E-state index in [2.05, 4.69) is 32.0 Å². The van der Waals surface area contributed by atoms with E-state index in [0.717, 1.165) is 25.2 Å². The Hall–Kier alpha value is -0.380. The van der Waals surface area contributed by atoms with Crippen LogP contribution >= 0.6 is 0 Å². The molecule has 152 valence electrons. The lowest BCUT2D eigenvalue weighted by atomic mass is 9.89. The average Bonchev–Trinajstić information content (AvgIpc) is 3.09. The summed E-state index contributed by atoms with van der Waals surface area (Å²) in [5, 5.41) is 20.6. The number of hydrogen-bond donors (Lipinski definition) is 2. The van der Waals surface area contributed by atoms with Gasteiger partial charge in [-0.1, -0.05) is 57.6 Å². The molecule has 0 bridgehead atoms.